The predicted molar refractivity (Wildman–Crippen MR) is 41.1 cm³/mol. The van der Waals surface area contributed by atoms with Crippen LogP contribution in [-0.4, -0.2) is 17.1 Å². The Morgan fingerprint density at radius 3 is 2.82 bits per heavy atom. The van der Waals surface area contributed by atoms with E-state index in [-0.39, 0.29) is 0 Å². The summed E-state index contributed by atoms with van der Waals surface area (Å²) < 4.78 is 4.89. The molecule has 1 rings (SSSR count). The van der Waals surface area contributed by atoms with Crippen LogP contribution in [0, 0.1) is 6.92 Å². The average Bonchev–Trinajstić information content (AvgIpc) is 2.03. The lowest BCUT2D eigenvalue weighted by molar-refractivity contribution is 0.397. The normalized spacial score (nSPS) is 9.36. The third-order valence-corrected chi connectivity index (χ3v) is 1.17. The van der Waals surface area contributed by atoms with Gasteiger partial charge < -0.3 is 4.74 Å². The third-order valence-electron chi connectivity index (χ3n) is 1.17. The van der Waals surface area contributed by atoms with Crippen LogP contribution in [0.25, 0.3) is 0 Å². The first kappa shape index (κ1) is 7.74. The molecule has 1 heterocycles. The lowest BCUT2D eigenvalue weighted by Gasteiger charge is -2.02. The topological polar surface area (TPSA) is 73.1 Å². The molecule has 0 spiro atoms. The van der Waals surface area contributed by atoms with Crippen LogP contribution in [0.4, 0.5) is 5.95 Å². The number of ether oxygens (including phenoxy) is 1. The number of aryl methyl sites for hydroxylation is 1. The van der Waals surface area contributed by atoms with Gasteiger partial charge >= 0.3 is 0 Å². The molecule has 0 amide bonds. The summed E-state index contributed by atoms with van der Waals surface area (Å²) in [6.07, 6.45) is 0. The van der Waals surface area contributed by atoms with Crippen molar-refractivity contribution in [3.05, 3.63) is 11.8 Å². The van der Waals surface area contributed by atoms with Crippen LogP contribution in [0.2, 0.25) is 0 Å². The van der Waals surface area contributed by atoms with Crippen molar-refractivity contribution in [2.45, 2.75) is 6.92 Å². The maximum atomic E-state index is 5.11. The number of nitrogen functional groups attached to an aromatic ring is 1. The summed E-state index contributed by atoms with van der Waals surface area (Å²) in [7, 11) is 1.54. The second-order valence-electron chi connectivity index (χ2n) is 2.02. The Kier molecular flexibility index (Phi) is 2.22. The van der Waals surface area contributed by atoms with Gasteiger partial charge in [-0.3, -0.25) is 5.43 Å². The highest BCUT2D eigenvalue weighted by atomic mass is 16.5. The molecule has 0 aliphatic rings. The van der Waals surface area contributed by atoms with Crippen molar-refractivity contribution >= 4 is 5.95 Å². The third kappa shape index (κ3) is 1.78. The van der Waals surface area contributed by atoms with Crippen LogP contribution in [0.3, 0.4) is 0 Å². The quantitative estimate of drug-likeness (QED) is 0.466. The Balaban J connectivity index is 3.02. The molecule has 3 N–H and O–H groups in total. The van der Waals surface area contributed by atoms with Crippen molar-refractivity contribution in [3.63, 3.8) is 0 Å². The van der Waals surface area contributed by atoms with Crippen molar-refractivity contribution in [1.82, 2.24) is 9.97 Å². The van der Waals surface area contributed by atoms with E-state index in [0.717, 1.165) is 5.69 Å². The molecule has 5 nitrogen and oxygen atoms in total. The Hall–Kier alpha value is -1.36. The molecule has 0 aromatic carbocycles. The number of methoxy groups -OCH3 is 1. The zero-order valence-corrected chi connectivity index (χ0v) is 6.46. The van der Waals surface area contributed by atoms with Gasteiger partial charge in [-0.25, -0.2) is 10.8 Å². The summed E-state index contributed by atoms with van der Waals surface area (Å²) in [5, 5.41) is 0. The fourth-order valence-electron chi connectivity index (χ4n) is 0.709. The molecule has 60 valence electrons. The van der Waals surface area contributed by atoms with E-state index in [9.17, 15) is 0 Å². The second kappa shape index (κ2) is 3.16. The summed E-state index contributed by atoms with van der Waals surface area (Å²) in [5.74, 6) is 5.98. The number of nitrogens with zero attached hydrogens (tertiary/aromatic N) is 2. The molecule has 1 aromatic heterocycles. The monoisotopic (exact) mass is 154 g/mol. The standard InChI is InChI=1S/C6H10N4O/c1-4-3-5(11-2)9-6(8-4)10-7/h3H,7H2,1-2H3,(H,8,9,10). The van der Waals surface area contributed by atoms with Crippen molar-refractivity contribution in [2.24, 2.45) is 5.84 Å². The van der Waals surface area contributed by atoms with E-state index in [1.165, 1.54) is 0 Å². The lowest BCUT2D eigenvalue weighted by atomic mass is 10.4. The van der Waals surface area contributed by atoms with E-state index >= 15 is 0 Å². The summed E-state index contributed by atoms with van der Waals surface area (Å²) in [5.41, 5.74) is 3.15. The minimum Gasteiger partial charge on any atom is -0.481 e. The van der Waals surface area contributed by atoms with Crippen molar-refractivity contribution in [2.75, 3.05) is 12.5 Å². The summed E-state index contributed by atoms with van der Waals surface area (Å²) in [6, 6.07) is 1.72. The van der Waals surface area contributed by atoms with Gasteiger partial charge in [-0.15, -0.1) is 0 Å². The highest BCUT2D eigenvalue weighted by Crippen LogP contribution is 2.09. The molecule has 0 radical (unpaired) electrons. The van der Waals surface area contributed by atoms with Crippen LogP contribution in [0.1, 0.15) is 5.69 Å². The van der Waals surface area contributed by atoms with Crippen LogP contribution < -0.4 is 16.0 Å². The molecule has 0 atom stereocenters. The van der Waals surface area contributed by atoms with Crippen LogP contribution in [0.5, 0.6) is 5.88 Å². The van der Waals surface area contributed by atoms with Crippen molar-refractivity contribution in [3.8, 4) is 5.88 Å². The van der Waals surface area contributed by atoms with E-state index in [4.69, 9.17) is 10.6 Å². The van der Waals surface area contributed by atoms with Crippen molar-refractivity contribution < 1.29 is 4.74 Å². The number of hydrogen-bond acceptors (Lipinski definition) is 5. The van der Waals surface area contributed by atoms with E-state index in [0.29, 0.717) is 11.8 Å². The number of nitrogens with two attached hydrogens (primary N) is 1. The average molecular weight is 154 g/mol. The van der Waals surface area contributed by atoms with E-state index in [2.05, 4.69) is 15.4 Å². The largest absolute Gasteiger partial charge is 0.481 e. The predicted octanol–water partition coefficient (Wildman–Crippen LogP) is 0.0792. The van der Waals surface area contributed by atoms with E-state index < -0.39 is 0 Å². The zero-order chi connectivity index (χ0) is 8.27. The van der Waals surface area contributed by atoms with E-state index in [1.807, 2.05) is 6.92 Å². The number of rotatable bonds is 2. The molecule has 0 unspecified atom stereocenters. The SMILES string of the molecule is COc1cc(C)nc(NN)n1. The lowest BCUT2D eigenvalue weighted by Crippen LogP contribution is -2.11. The van der Waals surface area contributed by atoms with Gasteiger partial charge in [0, 0.05) is 11.8 Å². The molecule has 1 aromatic rings. The van der Waals surface area contributed by atoms with Gasteiger partial charge in [0.05, 0.1) is 7.11 Å². The van der Waals surface area contributed by atoms with Crippen LogP contribution in [-0.2, 0) is 0 Å². The Labute approximate surface area is 64.6 Å². The van der Waals surface area contributed by atoms with Gasteiger partial charge in [-0.05, 0) is 6.92 Å². The smallest absolute Gasteiger partial charge is 0.240 e. The Morgan fingerprint density at radius 2 is 2.27 bits per heavy atom. The molecular weight excluding hydrogens is 144 g/mol. The first-order valence-electron chi connectivity index (χ1n) is 3.12. The molecular formula is C6H10N4O. The number of anilines is 1. The first-order chi connectivity index (χ1) is 5.26. The number of nitrogens with one attached hydrogen (secondary N) is 1. The van der Waals surface area contributed by atoms with Crippen LogP contribution >= 0.6 is 0 Å². The fraction of sp³-hybridized carbons (Fsp3) is 0.333. The molecule has 11 heavy (non-hydrogen) atoms. The van der Waals surface area contributed by atoms with E-state index in [1.54, 1.807) is 13.2 Å². The Morgan fingerprint density at radius 1 is 1.55 bits per heavy atom. The molecule has 0 saturated heterocycles. The molecule has 0 saturated carbocycles. The number of aromatic nitrogens is 2. The highest BCUT2D eigenvalue weighted by molar-refractivity contribution is 5.28. The van der Waals surface area contributed by atoms with Gasteiger partial charge in [0.1, 0.15) is 0 Å². The Bertz CT molecular complexity index is 228. The van der Waals surface area contributed by atoms with Gasteiger partial charge in [-0.1, -0.05) is 0 Å². The van der Waals surface area contributed by atoms with Gasteiger partial charge in [0.25, 0.3) is 0 Å². The number of hydrazine groups is 1. The van der Waals surface area contributed by atoms with Crippen LogP contribution in [0.15, 0.2) is 6.07 Å². The van der Waals surface area contributed by atoms with Gasteiger partial charge in [0.15, 0.2) is 0 Å². The minimum atomic E-state index is 0.363. The highest BCUT2D eigenvalue weighted by Gasteiger charge is 1.98. The maximum Gasteiger partial charge on any atom is 0.240 e. The molecule has 0 aliphatic carbocycles. The maximum absolute atomic E-state index is 5.11. The molecule has 5 heteroatoms. The first-order valence-corrected chi connectivity index (χ1v) is 3.12. The molecule has 0 aliphatic heterocycles. The zero-order valence-electron chi connectivity index (χ0n) is 6.46. The molecule has 0 bridgehead atoms. The minimum absolute atomic E-state index is 0.363. The molecule has 0 fully saturated rings. The fourth-order valence-corrected chi connectivity index (χ4v) is 0.709. The summed E-state index contributed by atoms with van der Waals surface area (Å²) >= 11 is 0. The summed E-state index contributed by atoms with van der Waals surface area (Å²) in [4.78, 5) is 7.87. The van der Waals surface area contributed by atoms with Gasteiger partial charge in [0.2, 0.25) is 11.8 Å². The number of hydrogen-bond donors (Lipinski definition) is 2. The second-order valence-corrected chi connectivity index (χ2v) is 2.02. The van der Waals surface area contributed by atoms with Gasteiger partial charge in [-0.2, -0.15) is 4.98 Å². The summed E-state index contributed by atoms with van der Waals surface area (Å²) in [6.45, 7) is 1.84. The van der Waals surface area contributed by atoms with Crippen molar-refractivity contribution in [1.29, 1.82) is 0 Å².